The molecule has 2 aromatic rings. The molecule has 0 radical (unpaired) electrons. The minimum absolute atomic E-state index is 0.0235. The zero-order valence-corrected chi connectivity index (χ0v) is 18.1. The summed E-state index contributed by atoms with van der Waals surface area (Å²) in [4.78, 5) is 21.2. The molecule has 1 saturated carbocycles. The van der Waals surface area contributed by atoms with E-state index in [2.05, 4.69) is 20.5 Å². The number of nitrogens with one attached hydrogen (secondary N) is 3. The molecule has 0 saturated heterocycles. The molecular weight excluding hydrogens is 439 g/mol. The lowest BCUT2D eigenvalue weighted by Gasteiger charge is -2.17. The van der Waals surface area contributed by atoms with E-state index in [0.717, 1.165) is 18.4 Å². The number of benzene rings is 1. The minimum Gasteiger partial charge on any atom is -0.354 e. The van der Waals surface area contributed by atoms with Crippen molar-refractivity contribution < 1.29 is 18.0 Å². The Balaban J connectivity index is 2.07. The van der Waals surface area contributed by atoms with Crippen LogP contribution in [-0.4, -0.2) is 33.0 Å². The van der Waals surface area contributed by atoms with Gasteiger partial charge in [-0.1, -0.05) is 23.2 Å². The molecule has 1 fully saturated rings. The van der Waals surface area contributed by atoms with Crippen molar-refractivity contribution in [3.63, 3.8) is 0 Å². The average Bonchev–Trinajstić information content (AvgIpc) is 3.51. The maximum absolute atomic E-state index is 12.6. The fourth-order valence-corrected chi connectivity index (χ4v) is 4.14. The van der Waals surface area contributed by atoms with Gasteiger partial charge in [0.1, 0.15) is 10.0 Å². The molecule has 0 atom stereocenters. The molecule has 1 aromatic carbocycles. The van der Waals surface area contributed by atoms with Crippen molar-refractivity contribution in [3.05, 3.63) is 45.7 Å². The van der Waals surface area contributed by atoms with E-state index in [4.69, 9.17) is 28.0 Å². The summed E-state index contributed by atoms with van der Waals surface area (Å²) in [5.41, 5.74) is 3.65. The first-order chi connectivity index (χ1) is 13.8. The number of hydroxylamine groups is 1. The van der Waals surface area contributed by atoms with Crippen LogP contribution in [0, 0.1) is 0 Å². The topological polar surface area (TPSA) is 109 Å². The number of hydrogen-bond acceptors (Lipinski definition) is 6. The summed E-state index contributed by atoms with van der Waals surface area (Å²) in [6.45, 7) is 2.00. The monoisotopic (exact) mass is 458 g/mol. The van der Waals surface area contributed by atoms with Crippen molar-refractivity contribution >= 4 is 50.5 Å². The van der Waals surface area contributed by atoms with Crippen molar-refractivity contribution in [1.82, 2.24) is 15.2 Å². The Morgan fingerprint density at radius 3 is 2.59 bits per heavy atom. The second kappa shape index (κ2) is 8.85. The second-order valence-electron chi connectivity index (χ2n) is 6.39. The molecule has 156 valence electrons. The Hall–Kier alpha value is -1.91. The van der Waals surface area contributed by atoms with Gasteiger partial charge in [0.25, 0.3) is 5.91 Å². The Bertz CT molecular complexity index is 1040. The maximum atomic E-state index is 12.6. The summed E-state index contributed by atoms with van der Waals surface area (Å²) in [6, 6.07) is 4.52. The van der Waals surface area contributed by atoms with Gasteiger partial charge in [-0.2, -0.15) is 0 Å². The molecule has 0 bridgehead atoms. The Labute approximate surface area is 179 Å². The lowest BCUT2D eigenvalue weighted by atomic mass is 10.1. The number of halogens is 2. The molecule has 11 heteroatoms. The zero-order valence-electron chi connectivity index (χ0n) is 15.8. The van der Waals surface area contributed by atoms with Gasteiger partial charge in [-0.15, -0.1) is 0 Å². The van der Waals surface area contributed by atoms with Gasteiger partial charge in [0.2, 0.25) is 10.0 Å². The van der Waals surface area contributed by atoms with Gasteiger partial charge in [-0.05, 0) is 56.5 Å². The molecule has 8 nitrogen and oxygen atoms in total. The van der Waals surface area contributed by atoms with Gasteiger partial charge in [0.05, 0.1) is 23.5 Å². The number of pyridine rings is 1. The number of anilines is 2. The van der Waals surface area contributed by atoms with Crippen molar-refractivity contribution in [2.75, 3.05) is 19.0 Å². The van der Waals surface area contributed by atoms with Crippen LogP contribution in [0.2, 0.25) is 10.2 Å². The highest BCUT2D eigenvalue weighted by Crippen LogP contribution is 2.45. The van der Waals surface area contributed by atoms with Crippen LogP contribution in [0.25, 0.3) is 0 Å². The van der Waals surface area contributed by atoms with Gasteiger partial charge in [-0.25, -0.2) is 23.6 Å². The van der Waals surface area contributed by atoms with Crippen LogP contribution in [0.3, 0.4) is 0 Å². The molecule has 0 unspecified atom stereocenters. The van der Waals surface area contributed by atoms with Crippen molar-refractivity contribution in [3.8, 4) is 0 Å². The smallest absolute Gasteiger partial charge is 0.278 e. The van der Waals surface area contributed by atoms with Gasteiger partial charge in [0.15, 0.2) is 0 Å². The number of nitrogens with zero attached hydrogens (tertiary/aromatic N) is 1. The van der Waals surface area contributed by atoms with Crippen LogP contribution in [0.5, 0.6) is 0 Å². The van der Waals surface area contributed by atoms with Crippen LogP contribution in [0.15, 0.2) is 29.3 Å². The summed E-state index contributed by atoms with van der Waals surface area (Å²) in [5, 5.41) is 3.54. The third-order valence-corrected chi connectivity index (χ3v) is 6.36. The van der Waals surface area contributed by atoms with E-state index in [-0.39, 0.29) is 39.5 Å². The predicted molar refractivity (Wildman–Crippen MR) is 111 cm³/mol. The molecule has 3 rings (SSSR count). The van der Waals surface area contributed by atoms with Crippen LogP contribution < -0.4 is 15.5 Å². The highest BCUT2D eigenvalue weighted by molar-refractivity contribution is 7.89. The molecular formula is C18H20Cl2N4O4S. The van der Waals surface area contributed by atoms with Crippen LogP contribution >= 0.6 is 23.2 Å². The number of carbonyl (C=O) groups is 1. The quantitative estimate of drug-likeness (QED) is 0.411. The Kier molecular flexibility index (Phi) is 6.65. The number of carbonyl (C=O) groups excluding carboxylic acids is 1. The first-order valence-corrected chi connectivity index (χ1v) is 11.1. The summed E-state index contributed by atoms with van der Waals surface area (Å²) >= 11 is 12.4. The molecule has 3 N–H and O–H groups in total. The molecule has 1 amide bonds. The van der Waals surface area contributed by atoms with Gasteiger partial charge >= 0.3 is 0 Å². The van der Waals surface area contributed by atoms with E-state index in [9.17, 15) is 13.2 Å². The first-order valence-electron chi connectivity index (χ1n) is 8.88. The number of hydrogen-bond donors (Lipinski definition) is 3. The SMILES string of the molecule is CCONC(=O)c1cnc(Cl)cc1Nc1cc(Cl)c(C2CC2)cc1S(=O)(=O)NC. The van der Waals surface area contributed by atoms with E-state index >= 15 is 0 Å². The minimum atomic E-state index is -3.80. The van der Waals surface area contributed by atoms with Crippen LogP contribution in [-0.2, 0) is 14.9 Å². The van der Waals surface area contributed by atoms with Gasteiger partial charge in [-0.3, -0.25) is 9.63 Å². The van der Waals surface area contributed by atoms with Crippen molar-refractivity contribution in [1.29, 1.82) is 0 Å². The molecule has 1 aliphatic carbocycles. The third kappa shape index (κ3) is 4.99. The molecule has 0 aliphatic heterocycles. The molecule has 1 aromatic heterocycles. The molecule has 1 heterocycles. The normalized spacial score (nSPS) is 13.9. The standard InChI is InChI=1S/C18H20Cl2N4O4S/c1-3-28-24-18(25)12-9-22-17(20)8-14(12)23-15-7-13(19)11(10-4-5-10)6-16(15)29(26,27)21-2/h6-10,21H,3-5H2,1-2H3,(H,22,23)(H,24,25). The molecule has 29 heavy (non-hydrogen) atoms. The summed E-state index contributed by atoms with van der Waals surface area (Å²) in [7, 11) is -2.47. The highest BCUT2D eigenvalue weighted by Gasteiger charge is 2.29. The fraction of sp³-hybridized carbons (Fsp3) is 0.333. The number of rotatable bonds is 8. The third-order valence-electron chi connectivity index (χ3n) is 4.37. The Morgan fingerprint density at radius 2 is 1.97 bits per heavy atom. The van der Waals surface area contributed by atoms with Gasteiger partial charge in [0, 0.05) is 11.2 Å². The lowest BCUT2D eigenvalue weighted by molar-refractivity contribution is 0.0365. The van der Waals surface area contributed by atoms with Crippen molar-refractivity contribution in [2.24, 2.45) is 0 Å². The second-order valence-corrected chi connectivity index (χ2v) is 9.04. The summed E-state index contributed by atoms with van der Waals surface area (Å²) in [5.74, 6) is -0.303. The molecule has 1 aliphatic rings. The van der Waals surface area contributed by atoms with E-state index in [1.807, 2.05) is 0 Å². The van der Waals surface area contributed by atoms with E-state index in [1.54, 1.807) is 13.0 Å². The van der Waals surface area contributed by atoms with E-state index in [1.165, 1.54) is 25.4 Å². The molecule has 0 spiro atoms. The van der Waals surface area contributed by atoms with Crippen molar-refractivity contribution in [2.45, 2.75) is 30.6 Å². The van der Waals surface area contributed by atoms with Gasteiger partial charge < -0.3 is 5.32 Å². The van der Waals surface area contributed by atoms with E-state index < -0.39 is 15.9 Å². The summed E-state index contributed by atoms with van der Waals surface area (Å²) in [6.07, 6.45) is 3.20. The lowest BCUT2D eigenvalue weighted by Crippen LogP contribution is -2.25. The first kappa shape index (κ1) is 21.8. The average molecular weight is 459 g/mol. The number of aromatic nitrogens is 1. The summed E-state index contributed by atoms with van der Waals surface area (Å²) < 4.78 is 27.5. The Morgan fingerprint density at radius 1 is 1.24 bits per heavy atom. The van der Waals surface area contributed by atoms with E-state index in [0.29, 0.717) is 5.02 Å². The largest absolute Gasteiger partial charge is 0.354 e. The van der Waals surface area contributed by atoms with Crippen LogP contribution in [0.4, 0.5) is 11.4 Å². The zero-order chi connectivity index (χ0) is 21.2. The maximum Gasteiger partial charge on any atom is 0.278 e. The number of sulfonamides is 1. The highest BCUT2D eigenvalue weighted by atomic mass is 35.5. The van der Waals surface area contributed by atoms with Crippen LogP contribution in [0.1, 0.15) is 41.6 Å². The predicted octanol–water partition coefficient (Wildman–Crippen LogP) is 3.60. The fourth-order valence-electron chi connectivity index (χ4n) is 2.76. The number of amides is 1.